The molecule has 0 radical (unpaired) electrons. The third kappa shape index (κ3) is 11.8. The molecule has 11 unspecified atom stereocenters. The van der Waals surface area contributed by atoms with Crippen LogP contribution in [-0.4, -0.2) is 153 Å². The van der Waals surface area contributed by atoms with Crippen LogP contribution < -0.4 is 0 Å². The zero-order valence-electron chi connectivity index (χ0n) is 43.4. The second kappa shape index (κ2) is 24.6. The molecule has 5 saturated heterocycles. The Labute approximate surface area is 455 Å². The van der Waals surface area contributed by atoms with E-state index in [4.69, 9.17) is 66.3 Å². The first-order valence-corrected chi connectivity index (χ1v) is 26.2. The Kier molecular flexibility index (Phi) is 17.0. The normalized spacial score (nSPS) is 33.3. The maximum absolute atomic E-state index is 14.7. The highest BCUT2D eigenvalue weighted by Gasteiger charge is 2.61. The van der Waals surface area contributed by atoms with Crippen molar-refractivity contribution in [2.24, 2.45) is 0 Å². The number of hydrogen-bond donors (Lipinski definition) is 1. The predicted molar refractivity (Wildman–Crippen MR) is 272 cm³/mol. The zero-order chi connectivity index (χ0) is 54.6. The molecule has 6 heterocycles. The van der Waals surface area contributed by atoms with Crippen LogP contribution in [0.5, 0.6) is 0 Å². The van der Waals surface area contributed by atoms with E-state index in [1.54, 1.807) is 12.1 Å². The molecule has 1 N–H and O–H groups in total. The predicted octanol–water partition coefficient (Wildman–Crippen LogP) is 5.50. The Hall–Kier alpha value is -6.34. The van der Waals surface area contributed by atoms with Crippen LogP contribution in [0.25, 0.3) is 0 Å². The van der Waals surface area contributed by atoms with E-state index in [9.17, 15) is 24.3 Å². The van der Waals surface area contributed by atoms with E-state index in [0.29, 0.717) is 0 Å². The van der Waals surface area contributed by atoms with Gasteiger partial charge in [-0.05, 0) is 23.3 Å². The topological polar surface area (TPSA) is 221 Å². The first kappa shape index (κ1) is 54.6. The molecular formula is C59H61NO19. The van der Waals surface area contributed by atoms with Gasteiger partial charge in [-0.1, -0.05) is 133 Å². The molecule has 20 heteroatoms. The Morgan fingerprint density at radius 2 is 1.00 bits per heavy atom. The minimum Gasteiger partial charge on any atom is -0.456 e. The summed E-state index contributed by atoms with van der Waals surface area (Å²) in [6.07, 6.45) is -19.0. The number of ether oxygens (including phenoxy) is 14. The van der Waals surface area contributed by atoms with Crippen molar-refractivity contribution in [1.82, 2.24) is 4.90 Å². The lowest BCUT2D eigenvalue weighted by molar-refractivity contribution is -0.394. The number of aliphatic hydroxyl groups excluding tert-OH is 1. The van der Waals surface area contributed by atoms with Crippen molar-refractivity contribution in [3.05, 3.63) is 179 Å². The standard InChI is InChI=1S/C59H61NO19/c1-33(61)72-46-41(32-71-58-45(63)50(67-28-35-18-8-4-9-19-35)47-42(75-58)30-69-55(77-47)37-22-12-6-13-23-37)74-57(44(49(46)73-34(2)62)60-53(64)39-26-16-17-27-40(39)54(60)65)79-52-51(68-29-36-20-10-5-11-21-36)48-43(76-59(52)66-3)31-70-56(78-48)38-24-14-7-15-25-38/h4-27,41-52,55-59,63H,28-32H2,1-3H3/t41?,42?,43?,44?,45?,46-,47+,48-,49?,50?,51?,52?,55?,56?,57+,58+,59+/m1/s1. The monoisotopic (exact) mass is 1090 g/mol. The highest BCUT2D eigenvalue weighted by atomic mass is 16.8. The summed E-state index contributed by atoms with van der Waals surface area (Å²) >= 11 is 0. The second-order valence-electron chi connectivity index (χ2n) is 19.8. The maximum atomic E-state index is 14.7. The second-order valence-corrected chi connectivity index (χ2v) is 19.8. The summed E-state index contributed by atoms with van der Waals surface area (Å²) in [6, 6.07) is 42.0. The van der Waals surface area contributed by atoms with E-state index in [0.717, 1.165) is 41.0 Å². The van der Waals surface area contributed by atoms with Gasteiger partial charge in [0.1, 0.15) is 61.0 Å². The molecular weight excluding hydrogens is 1030 g/mol. The molecule has 0 aromatic heterocycles. The van der Waals surface area contributed by atoms with Gasteiger partial charge in [0, 0.05) is 32.1 Å². The Morgan fingerprint density at radius 1 is 0.532 bits per heavy atom. The van der Waals surface area contributed by atoms with Crippen LogP contribution in [0.1, 0.15) is 69.4 Å². The summed E-state index contributed by atoms with van der Waals surface area (Å²) in [6.45, 7) is 1.97. The van der Waals surface area contributed by atoms with E-state index >= 15 is 0 Å². The van der Waals surface area contributed by atoms with E-state index in [2.05, 4.69) is 0 Å². The number of methoxy groups -OCH3 is 1. The lowest BCUT2D eigenvalue weighted by atomic mass is 9.93. The average molecular weight is 1090 g/mol. The van der Waals surface area contributed by atoms with Gasteiger partial charge in [0.05, 0.1) is 44.2 Å². The lowest BCUT2D eigenvalue weighted by Crippen LogP contribution is -2.70. The van der Waals surface area contributed by atoms with Crippen LogP contribution in [-0.2, 0) is 89.1 Å². The Bertz CT molecular complexity index is 2830. The van der Waals surface area contributed by atoms with Gasteiger partial charge >= 0.3 is 11.9 Å². The molecule has 0 bridgehead atoms. The molecule has 20 nitrogen and oxygen atoms in total. The number of fused-ring (bicyclic) bond motifs is 3. The first-order chi connectivity index (χ1) is 38.5. The van der Waals surface area contributed by atoms with Gasteiger partial charge in [0.2, 0.25) is 0 Å². The quantitative estimate of drug-likeness (QED) is 0.0898. The third-order valence-electron chi connectivity index (χ3n) is 14.6. The van der Waals surface area contributed by atoms with Crippen molar-refractivity contribution in [1.29, 1.82) is 0 Å². The first-order valence-electron chi connectivity index (χ1n) is 26.2. The summed E-state index contributed by atoms with van der Waals surface area (Å²) in [5.74, 6) is -3.24. The highest BCUT2D eigenvalue weighted by molar-refractivity contribution is 6.21. The van der Waals surface area contributed by atoms with Crippen molar-refractivity contribution < 1.29 is 90.6 Å². The minimum absolute atomic E-state index is 0.0197. The third-order valence-corrected chi connectivity index (χ3v) is 14.6. The molecule has 0 spiro atoms. The molecule has 5 fully saturated rings. The molecule has 2 amide bonds. The van der Waals surface area contributed by atoms with Crippen LogP contribution in [0.4, 0.5) is 0 Å². The van der Waals surface area contributed by atoms with E-state index in [1.165, 1.54) is 19.2 Å². The molecule has 17 atom stereocenters. The number of esters is 2. The number of nitrogens with zero attached hydrogens (tertiary/aromatic N) is 1. The Balaban J connectivity index is 0.942. The van der Waals surface area contributed by atoms with Crippen molar-refractivity contribution >= 4 is 23.8 Å². The molecule has 5 aromatic rings. The molecule has 0 aliphatic carbocycles. The van der Waals surface area contributed by atoms with Crippen LogP contribution >= 0.6 is 0 Å². The van der Waals surface area contributed by atoms with E-state index < -0.39 is 135 Å². The SMILES string of the molecule is CO[C@H]1OC2COC(c3ccccc3)O[C@H]2C(OCc2ccccc2)C1O[C@@H]1OC(CO[C@H]2OC3COC(c4ccccc4)O[C@@H]3C(OCc3ccccc3)C2O)[C@@H](OC(C)=O)C(OC(C)=O)C1N1C(=O)c2ccccc2C1=O. The van der Waals surface area contributed by atoms with Gasteiger partial charge in [0.25, 0.3) is 11.8 Å². The molecule has 79 heavy (non-hydrogen) atoms. The van der Waals surface area contributed by atoms with Crippen LogP contribution in [0.3, 0.4) is 0 Å². The van der Waals surface area contributed by atoms with Crippen molar-refractivity contribution in [3.8, 4) is 0 Å². The summed E-state index contributed by atoms with van der Waals surface area (Å²) in [5, 5.41) is 12.3. The fourth-order valence-corrected chi connectivity index (χ4v) is 10.9. The van der Waals surface area contributed by atoms with Crippen LogP contribution in [0.15, 0.2) is 146 Å². The number of imide groups is 1. The smallest absolute Gasteiger partial charge is 0.303 e. The fraction of sp³-hybridized carbons (Fsp3) is 0.424. The number of aliphatic hydroxyl groups is 1. The largest absolute Gasteiger partial charge is 0.456 e. The number of amides is 2. The van der Waals surface area contributed by atoms with Gasteiger partial charge in [0.15, 0.2) is 43.7 Å². The van der Waals surface area contributed by atoms with E-state index in [1.807, 2.05) is 121 Å². The minimum atomic E-state index is -1.76. The number of hydrogen-bond acceptors (Lipinski definition) is 19. The molecule has 11 rings (SSSR count). The summed E-state index contributed by atoms with van der Waals surface area (Å²) in [7, 11) is 1.41. The summed E-state index contributed by atoms with van der Waals surface area (Å²) < 4.78 is 90.3. The molecule has 0 saturated carbocycles. The van der Waals surface area contributed by atoms with Crippen LogP contribution in [0, 0.1) is 0 Å². The van der Waals surface area contributed by atoms with Gasteiger partial charge in [-0.25, -0.2) is 0 Å². The zero-order valence-corrected chi connectivity index (χ0v) is 43.4. The van der Waals surface area contributed by atoms with E-state index in [-0.39, 0.29) is 37.6 Å². The fourth-order valence-electron chi connectivity index (χ4n) is 10.9. The van der Waals surface area contributed by atoms with Crippen molar-refractivity contribution in [3.63, 3.8) is 0 Å². The van der Waals surface area contributed by atoms with Gasteiger partial charge in [-0.3, -0.25) is 24.1 Å². The van der Waals surface area contributed by atoms with Crippen LogP contribution in [0.2, 0.25) is 0 Å². The van der Waals surface area contributed by atoms with Gasteiger partial charge in [-0.2, -0.15) is 0 Å². The Morgan fingerprint density at radius 3 is 1.52 bits per heavy atom. The van der Waals surface area contributed by atoms with Gasteiger partial charge < -0.3 is 71.4 Å². The number of carbonyl (C=O) groups is 4. The molecule has 6 aliphatic rings. The maximum Gasteiger partial charge on any atom is 0.303 e. The number of benzene rings is 5. The molecule has 416 valence electrons. The van der Waals surface area contributed by atoms with Crippen molar-refractivity contribution in [2.75, 3.05) is 26.9 Å². The average Bonchev–Trinajstić information content (AvgIpc) is 3.74. The summed E-state index contributed by atoms with van der Waals surface area (Å²) in [5.41, 5.74) is 3.25. The number of rotatable bonds is 17. The lowest BCUT2D eigenvalue weighted by Gasteiger charge is -2.52. The molecule has 6 aliphatic heterocycles. The highest BCUT2D eigenvalue weighted by Crippen LogP contribution is 2.42. The number of carbonyl (C=O) groups excluding carboxylic acids is 4. The van der Waals surface area contributed by atoms with Gasteiger partial charge in [-0.15, -0.1) is 0 Å². The van der Waals surface area contributed by atoms with Crippen molar-refractivity contribution in [2.45, 2.75) is 132 Å². The molecule has 5 aromatic carbocycles. The summed E-state index contributed by atoms with van der Waals surface area (Å²) in [4.78, 5) is 56.9.